The Labute approximate surface area is 144 Å². The van der Waals surface area contributed by atoms with Gasteiger partial charge in [-0.15, -0.1) is 0 Å². The van der Waals surface area contributed by atoms with E-state index in [1.54, 1.807) is 6.07 Å². The number of alkyl halides is 3. The molecule has 3 rings (SSSR count). The van der Waals surface area contributed by atoms with Gasteiger partial charge in [-0.25, -0.2) is 14.5 Å². The van der Waals surface area contributed by atoms with Crippen molar-refractivity contribution in [3.8, 4) is 11.3 Å². The van der Waals surface area contributed by atoms with Crippen LogP contribution in [0.3, 0.4) is 0 Å². The van der Waals surface area contributed by atoms with Crippen LogP contribution >= 0.6 is 0 Å². The molecule has 0 saturated heterocycles. The third-order valence-electron chi connectivity index (χ3n) is 3.38. The van der Waals surface area contributed by atoms with Crippen molar-refractivity contribution in [1.82, 2.24) is 19.6 Å². The summed E-state index contributed by atoms with van der Waals surface area (Å²) in [6, 6.07) is 3.93. The zero-order chi connectivity index (χ0) is 18.9. The first kappa shape index (κ1) is 17.6. The Balaban J connectivity index is 1.95. The molecule has 0 aromatic carbocycles. The molecular weight excluding hydrogens is 353 g/mol. The zero-order valence-corrected chi connectivity index (χ0v) is 13.4. The first-order chi connectivity index (χ1) is 12.3. The molecule has 3 aromatic heterocycles. The van der Waals surface area contributed by atoms with Crippen molar-refractivity contribution in [3.63, 3.8) is 0 Å². The molecular formula is C15H13F3N6O2. The second-order valence-electron chi connectivity index (χ2n) is 5.28. The lowest BCUT2D eigenvalue weighted by molar-refractivity contribution is -0.137. The third-order valence-corrected chi connectivity index (χ3v) is 3.38. The lowest BCUT2D eigenvalue weighted by Gasteiger charge is -2.10. The fourth-order valence-electron chi connectivity index (χ4n) is 2.25. The molecule has 26 heavy (non-hydrogen) atoms. The van der Waals surface area contributed by atoms with Crippen LogP contribution in [0.2, 0.25) is 0 Å². The summed E-state index contributed by atoms with van der Waals surface area (Å²) in [6.07, 6.45) is -1.98. The van der Waals surface area contributed by atoms with Gasteiger partial charge in [0, 0.05) is 18.9 Å². The minimum atomic E-state index is -4.62. The first-order valence-corrected chi connectivity index (χ1v) is 7.26. The lowest BCUT2D eigenvalue weighted by atomic mass is 10.1. The summed E-state index contributed by atoms with van der Waals surface area (Å²) in [5.74, 6) is -0.759. The molecule has 11 heteroatoms. The summed E-state index contributed by atoms with van der Waals surface area (Å²) >= 11 is 0. The number of imidazole rings is 1. The molecule has 0 atom stereocenters. The molecule has 8 nitrogen and oxygen atoms in total. The van der Waals surface area contributed by atoms with Crippen LogP contribution in [0.25, 0.3) is 16.9 Å². The minimum Gasteiger partial charge on any atom is -0.383 e. The van der Waals surface area contributed by atoms with E-state index in [-0.39, 0.29) is 23.7 Å². The Bertz CT molecular complexity index is 970. The number of amides is 1. The molecule has 3 N–H and O–H groups in total. The van der Waals surface area contributed by atoms with E-state index < -0.39 is 23.5 Å². The van der Waals surface area contributed by atoms with E-state index >= 15 is 0 Å². The van der Waals surface area contributed by atoms with E-state index in [9.17, 15) is 18.0 Å². The standard InChI is InChI=1S/C15H13F3N6O2/c1-26-7-13(25)22-11-6-24-12(21-11)3-2-10(23-24)8-4-9(15(16,17)18)14(19)20-5-8/h2-6H,7H2,1H3,(H2,19,20)(H,22,25). The first-order valence-electron chi connectivity index (χ1n) is 7.26. The van der Waals surface area contributed by atoms with Crippen molar-refractivity contribution < 1.29 is 22.7 Å². The van der Waals surface area contributed by atoms with Gasteiger partial charge in [-0.3, -0.25) is 4.79 Å². The highest BCUT2D eigenvalue weighted by atomic mass is 19.4. The van der Waals surface area contributed by atoms with E-state index in [1.807, 2.05) is 0 Å². The van der Waals surface area contributed by atoms with E-state index in [4.69, 9.17) is 10.5 Å². The number of fused-ring (bicyclic) bond motifs is 1. The van der Waals surface area contributed by atoms with Crippen LogP contribution in [0.1, 0.15) is 5.56 Å². The normalized spacial score (nSPS) is 11.7. The molecule has 3 heterocycles. The molecule has 1 amide bonds. The van der Waals surface area contributed by atoms with Gasteiger partial charge in [0.2, 0.25) is 0 Å². The van der Waals surface area contributed by atoms with E-state index in [0.717, 1.165) is 6.07 Å². The number of carbonyl (C=O) groups is 1. The molecule has 0 aliphatic heterocycles. The Morgan fingerprint density at radius 3 is 2.85 bits per heavy atom. The molecule has 0 spiro atoms. The second-order valence-corrected chi connectivity index (χ2v) is 5.28. The van der Waals surface area contributed by atoms with Crippen LogP contribution in [0.15, 0.2) is 30.6 Å². The Kier molecular flexibility index (Phi) is 4.47. The molecule has 3 aromatic rings. The number of methoxy groups -OCH3 is 1. The highest BCUT2D eigenvalue weighted by Gasteiger charge is 2.34. The number of ether oxygens (including phenoxy) is 1. The summed E-state index contributed by atoms with van der Waals surface area (Å²) < 4.78 is 45.0. The van der Waals surface area contributed by atoms with Crippen molar-refractivity contribution >= 4 is 23.2 Å². The maximum Gasteiger partial charge on any atom is 0.419 e. The van der Waals surface area contributed by atoms with Crippen LogP contribution in [-0.2, 0) is 15.7 Å². The van der Waals surface area contributed by atoms with Crippen molar-refractivity contribution in [2.75, 3.05) is 24.8 Å². The van der Waals surface area contributed by atoms with Gasteiger partial charge in [0.05, 0.1) is 17.5 Å². The fourth-order valence-corrected chi connectivity index (χ4v) is 2.25. The molecule has 0 unspecified atom stereocenters. The summed E-state index contributed by atoms with van der Waals surface area (Å²) in [7, 11) is 1.38. The molecule has 0 aliphatic rings. The number of aromatic nitrogens is 4. The van der Waals surface area contributed by atoms with Crippen LogP contribution in [0.5, 0.6) is 0 Å². The molecule has 0 fully saturated rings. The number of anilines is 2. The molecule has 0 aliphatic carbocycles. The average molecular weight is 366 g/mol. The van der Waals surface area contributed by atoms with Gasteiger partial charge in [-0.05, 0) is 18.2 Å². The lowest BCUT2D eigenvalue weighted by Crippen LogP contribution is -2.17. The largest absolute Gasteiger partial charge is 0.419 e. The van der Waals surface area contributed by atoms with Gasteiger partial charge >= 0.3 is 6.18 Å². The molecule has 0 radical (unpaired) electrons. The number of nitrogens with two attached hydrogens (primary N) is 1. The second kappa shape index (κ2) is 6.59. The Morgan fingerprint density at radius 2 is 2.15 bits per heavy atom. The van der Waals surface area contributed by atoms with Gasteiger partial charge in [0.15, 0.2) is 11.5 Å². The number of hydrogen-bond acceptors (Lipinski definition) is 6. The van der Waals surface area contributed by atoms with Gasteiger partial charge in [0.1, 0.15) is 12.4 Å². The number of nitrogens with zero attached hydrogens (tertiary/aromatic N) is 4. The van der Waals surface area contributed by atoms with Crippen LogP contribution in [-0.4, -0.2) is 39.2 Å². The van der Waals surface area contributed by atoms with Crippen molar-refractivity contribution in [1.29, 1.82) is 0 Å². The van der Waals surface area contributed by atoms with Gasteiger partial charge < -0.3 is 15.8 Å². The van der Waals surface area contributed by atoms with Crippen molar-refractivity contribution in [2.45, 2.75) is 6.18 Å². The summed E-state index contributed by atoms with van der Waals surface area (Å²) in [6.45, 7) is -0.135. The van der Waals surface area contributed by atoms with E-state index in [1.165, 1.54) is 30.1 Å². The van der Waals surface area contributed by atoms with Gasteiger partial charge in [-0.2, -0.15) is 18.3 Å². The van der Waals surface area contributed by atoms with Crippen LogP contribution < -0.4 is 11.1 Å². The average Bonchev–Trinajstić information content (AvgIpc) is 2.95. The molecule has 0 saturated carbocycles. The topological polar surface area (TPSA) is 107 Å². The number of hydrogen-bond donors (Lipinski definition) is 2. The minimum absolute atomic E-state index is 0.135. The van der Waals surface area contributed by atoms with Crippen molar-refractivity contribution in [2.24, 2.45) is 0 Å². The van der Waals surface area contributed by atoms with Crippen LogP contribution in [0.4, 0.5) is 24.8 Å². The monoisotopic (exact) mass is 366 g/mol. The molecule has 136 valence electrons. The van der Waals surface area contributed by atoms with Gasteiger partial charge in [-0.1, -0.05) is 0 Å². The van der Waals surface area contributed by atoms with Gasteiger partial charge in [0.25, 0.3) is 5.91 Å². The predicted molar refractivity (Wildman–Crippen MR) is 86.1 cm³/mol. The van der Waals surface area contributed by atoms with E-state index in [0.29, 0.717) is 5.65 Å². The van der Waals surface area contributed by atoms with Crippen molar-refractivity contribution in [3.05, 3.63) is 36.2 Å². The third kappa shape index (κ3) is 3.57. The predicted octanol–water partition coefficient (Wildman–Crippen LogP) is 1.98. The summed E-state index contributed by atoms with van der Waals surface area (Å²) in [5, 5.41) is 6.71. The smallest absolute Gasteiger partial charge is 0.383 e. The Hall–Kier alpha value is -3.21. The highest BCUT2D eigenvalue weighted by molar-refractivity contribution is 5.91. The number of pyridine rings is 1. The number of rotatable bonds is 4. The summed E-state index contributed by atoms with van der Waals surface area (Å²) in [5.41, 5.74) is 5.06. The maximum atomic E-state index is 13.0. The van der Waals surface area contributed by atoms with E-state index in [2.05, 4.69) is 20.4 Å². The Morgan fingerprint density at radius 1 is 1.38 bits per heavy atom. The number of nitrogen functional groups attached to an aromatic ring is 1. The summed E-state index contributed by atoms with van der Waals surface area (Å²) in [4.78, 5) is 19.2. The quantitative estimate of drug-likeness (QED) is 0.731. The number of nitrogens with one attached hydrogen (secondary N) is 1. The fraction of sp³-hybridized carbons (Fsp3) is 0.200. The number of carbonyl (C=O) groups excluding carboxylic acids is 1. The SMILES string of the molecule is COCC(=O)Nc1cn2nc(-c3cnc(N)c(C(F)(F)F)c3)ccc2n1. The zero-order valence-electron chi connectivity index (χ0n) is 13.4. The highest BCUT2D eigenvalue weighted by Crippen LogP contribution is 2.34. The molecule has 0 bridgehead atoms. The number of halogens is 3. The van der Waals surface area contributed by atoms with Crippen LogP contribution in [0, 0.1) is 0 Å². The maximum absolute atomic E-state index is 13.0.